The number of carboxylic acid groups (broad SMARTS) is 2. The number of nitrogens with one attached hydrogen (secondary N) is 1. The second-order valence-electron chi connectivity index (χ2n) is 7.89. The van der Waals surface area contributed by atoms with E-state index in [-0.39, 0.29) is 70.2 Å². The average molecular weight is 454 g/mol. The van der Waals surface area contributed by atoms with Gasteiger partial charge in [0.2, 0.25) is 0 Å². The van der Waals surface area contributed by atoms with Crippen molar-refractivity contribution >= 4 is 76.7 Å². The maximum absolute atomic E-state index is 11.2. The molecule has 1 aromatic rings. The number of aromatic carboxylic acids is 2. The van der Waals surface area contributed by atoms with Crippen molar-refractivity contribution in [1.29, 1.82) is 0 Å². The van der Waals surface area contributed by atoms with Gasteiger partial charge in [-0.25, -0.2) is 9.59 Å². The van der Waals surface area contributed by atoms with Crippen LogP contribution in [-0.4, -0.2) is 87.8 Å². The molecule has 31 heavy (non-hydrogen) atoms. The van der Waals surface area contributed by atoms with Gasteiger partial charge >= 0.3 is 71.1 Å². The van der Waals surface area contributed by atoms with E-state index in [4.69, 9.17) is 10.2 Å². The monoisotopic (exact) mass is 453 g/mol. The molecule has 0 unspecified atom stereocenters. The first-order chi connectivity index (χ1) is 14.1. The van der Waals surface area contributed by atoms with Crippen LogP contribution in [0.4, 0.5) is 5.69 Å². The van der Waals surface area contributed by atoms with E-state index in [1.54, 1.807) is 6.07 Å². The molecule has 0 bridgehead atoms. The molecular formula is C24H41NNa2O4. The summed E-state index contributed by atoms with van der Waals surface area (Å²) >= 11 is 0. The van der Waals surface area contributed by atoms with Gasteiger partial charge in [0.1, 0.15) is 0 Å². The normalized spacial score (nSPS) is 10.1. The number of rotatable bonds is 18. The van der Waals surface area contributed by atoms with Crippen molar-refractivity contribution in [3.05, 3.63) is 29.3 Å². The summed E-state index contributed by atoms with van der Waals surface area (Å²) in [4.78, 5) is 22.3. The van der Waals surface area contributed by atoms with Crippen LogP contribution in [0.1, 0.15) is 118 Å². The van der Waals surface area contributed by atoms with Crippen LogP contribution >= 0.6 is 0 Å². The second kappa shape index (κ2) is 21.8. The van der Waals surface area contributed by atoms with Crippen LogP contribution < -0.4 is 5.32 Å². The topological polar surface area (TPSA) is 86.6 Å². The molecule has 0 saturated heterocycles. The Hall–Kier alpha value is -0.0400. The Kier molecular flexibility index (Phi) is 23.3. The van der Waals surface area contributed by atoms with E-state index >= 15 is 0 Å². The first-order valence-corrected chi connectivity index (χ1v) is 11.4. The Morgan fingerprint density at radius 2 is 1.10 bits per heavy atom. The number of anilines is 1. The number of unbranched alkanes of at least 4 members (excludes halogenated alkanes) is 13. The molecule has 0 heterocycles. The fourth-order valence-corrected chi connectivity index (χ4v) is 3.57. The Balaban J connectivity index is 0. The molecule has 1 aromatic carbocycles. The fraction of sp³-hybridized carbons (Fsp3) is 0.667. The summed E-state index contributed by atoms with van der Waals surface area (Å²) in [5.41, 5.74) is 0.296. The van der Waals surface area contributed by atoms with Crippen LogP contribution in [0.25, 0.3) is 0 Å². The predicted octanol–water partition coefficient (Wildman–Crippen LogP) is 5.68. The molecule has 0 amide bonds. The molecule has 1 rings (SSSR count). The van der Waals surface area contributed by atoms with E-state index in [1.807, 2.05) is 0 Å². The van der Waals surface area contributed by atoms with Crippen molar-refractivity contribution in [3.63, 3.8) is 0 Å². The summed E-state index contributed by atoms with van der Waals surface area (Å²) < 4.78 is 0. The van der Waals surface area contributed by atoms with Gasteiger partial charge in [-0.2, -0.15) is 0 Å². The molecule has 0 aliphatic rings. The van der Waals surface area contributed by atoms with Crippen LogP contribution in [0, 0.1) is 0 Å². The van der Waals surface area contributed by atoms with Crippen molar-refractivity contribution in [1.82, 2.24) is 0 Å². The number of benzene rings is 1. The third kappa shape index (κ3) is 16.3. The van der Waals surface area contributed by atoms with Crippen LogP contribution in [0.3, 0.4) is 0 Å². The van der Waals surface area contributed by atoms with E-state index in [0.29, 0.717) is 5.69 Å². The van der Waals surface area contributed by atoms with E-state index in [2.05, 4.69) is 12.2 Å². The van der Waals surface area contributed by atoms with Crippen molar-refractivity contribution < 1.29 is 19.8 Å². The predicted molar refractivity (Wildman–Crippen MR) is 133 cm³/mol. The Labute approximate surface area is 232 Å². The Morgan fingerprint density at radius 3 is 1.52 bits per heavy atom. The van der Waals surface area contributed by atoms with Gasteiger partial charge in [-0.3, -0.25) is 0 Å². The number of carbonyl (C=O) groups is 2. The second-order valence-corrected chi connectivity index (χ2v) is 7.89. The quantitative estimate of drug-likeness (QED) is 0.197. The van der Waals surface area contributed by atoms with Gasteiger partial charge in [-0.1, -0.05) is 90.4 Å². The third-order valence-electron chi connectivity index (χ3n) is 5.34. The Morgan fingerprint density at radius 1 is 0.677 bits per heavy atom. The molecule has 0 aromatic heterocycles. The van der Waals surface area contributed by atoms with Crippen LogP contribution in [0.15, 0.2) is 18.2 Å². The van der Waals surface area contributed by atoms with Crippen molar-refractivity contribution in [3.8, 4) is 0 Å². The SMILES string of the molecule is CCCCCCCCCCCCCCCCNc1ccc(C(=O)O)c(C(=O)O)c1.[NaH].[NaH]. The van der Waals surface area contributed by atoms with Crippen LogP contribution in [0.2, 0.25) is 0 Å². The molecule has 0 fully saturated rings. The molecule has 0 aliphatic carbocycles. The maximum atomic E-state index is 11.2. The molecule has 0 aliphatic heterocycles. The number of hydrogen-bond donors (Lipinski definition) is 3. The molecule has 5 nitrogen and oxygen atoms in total. The molecule has 168 valence electrons. The van der Waals surface area contributed by atoms with Crippen molar-refractivity contribution in [2.24, 2.45) is 0 Å². The molecule has 7 heteroatoms. The van der Waals surface area contributed by atoms with Gasteiger partial charge in [0.25, 0.3) is 0 Å². The van der Waals surface area contributed by atoms with Gasteiger partial charge in [-0.15, -0.1) is 0 Å². The summed E-state index contributed by atoms with van der Waals surface area (Å²) in [6.45, 7) is 3.03. The molecular weight excluding hydrogens is 412 g/mol. The fourth-order valence-electron chi connectivity index (χ4n) is 3.57. The summed E-state index contributed by atoms with van der Waals surface area (Å²) in [6.07, 6.45) is 18.4. The van der Waals surface area contributed by atoms with Crippen LogP contribution in [0.5, 0.6) is 0 Å². The van der Waals surface area contributed by atoms with Gasteiger partial charge in [0, 0.05) is 12.2 Å². The first-order valence-electron chi connectivity index (χ1n) is 11.4. The first kappa shape index (κ1) is 33.1. The summed E-state index contributed by atoms with van der Waals surface area (Å²) in [7, 11) is 0. The summed E-state index contributed by atoms with van der Waals surface area (Å²) in [5.74, 6) is -2.44. The molecule has 0 saturated carbocycles. The van der Waals surface area contributed by atoms with Crippen LogP contribution in [-0.2, 0) is 0 Å². The van der Waals surface area contributed by atoms with Crippen molar-refractivity contribution in [2.45, 2.75) is 96.8 Å². The van der Waals surface area contributed by atoms with E-state index in [1.165, 1.54) is 89.2 Å². The number of hydrogen-bond acceptors (Lipinski definition) is 3. The average Bonchev–Trinajstić information content (AvgIpc) is 2.70. The zero-order valence-corrected chi connectivity index (χ0v) is 18.0. The van der Waals surface area contributed by atoms with Gasteiger partial charge in [0.05, 0.1) is 11.1 Å². The Bertz CT molecular complexity index is 611. The minimum atomic E-state index is -1.22. The third-order valence-corrected chi connectivity index (χ3v) is 5.34. The molecule has 0 atom stereocenters. The molecule has 0 radical (unpaired) electrons. The minimum absolute atomic E-state index is 0. The van der Waals surface area contributed by atoms with E-state index in [0.717, 1.165) is 19.4 Å². The molecule has 0 spiro atoms. The van der Waals surface area contributed by atoms with Gasteiger partial charge in [0.15, 0.2) is 0 Å². The standard InChI is InChI=1S/C24H39NO4.2Na.2H/c1-2-3-4-5-6-7-8-9-10-11-12-13-14-15-18-25-20-16-17-21(23(26)27)22(19-20)24(28)29;;;;/h16-17,19,25H,2-15,18H2,1H3,(H,26,27)(H,28,29);;;;. The van der Waals surface area contributed by atoms with Crippen molar-refractivity contribution in [2.75, 3.05) is 11.9 Å². The zero-order chi connectivity index (χ0) is 21.3. The van der Waals surface area contributed by atoms with E-state index < -0.39 is 11.9 Å². The zero-order valence-electron chi connectivity index (χ0n) is 18.0. The summed E-state index contributed by atoms with van der Waals surface area (Å²) in [6, 6.07) is 4.37. The van der Waals surface area contributed by atoms with Gasteiger partial charge in [-0.05, 0) is 24.6 Å². The summed E-state index contributed by atoms with van der Waals surface area (Å²) in [5, 5.41) is 21.4. The van der Waals surface area contributed by atoms with Gasteiger partial charge < -0.3 is 15.5 Å². The number of carboxylic acids is 2. The van der Waals surface area contributed by atoms with E-state index in [9.17, 15) is 9.59 Å². The molecule has 3 N–H and O–H groups in total.